The van der Waals surface area contributed by atoms with E-state index >= 15 is 0 Å². The molecule has 0 bridgehead atoms. The Balaban J connectivity index is 1.63. The second-order valence-corrected chi connectivity index (χ2v) is 9.04. The van der Waals surface area contributed by atoms with Gasteiger partial charge in [-0.2, -0.15) is 4.31 Å². The third-order valence-corrected chi connectivity index (χ3v) is 7.07. The molecule has 4 rings (SSSR count). The summed E-state index contributed by atoms with van der Waals surface area (Å²) in [5, 5.41) is 0. The van der Waals surface area contributed by atoms with E-state index in [0.29, 0.717) is 11.3 Å². The van der Waals surface area contributed by atoms with Crippen molar-refractivity contribution in [2.45, 2.75) is 30.6 Å². The number of ether oxygens (including phenoxy) is 1. The predicted octanol–water partition coefficient (Wildman–Crippen LogP) is 2.15. The molecular weight excluding hydrogens is 385 g/mol. The molecule has 1 saturated heterocycles. The second kappa shape index (κ2) is 6.52. The molecule has 0 saturated carbocycles. The highest BCUT2D eigenvalue weighted by Gasteiger charge is 2.52. The second-order valence-electron chi connectivity index (χ2n) is 7.10. The van der Waals surface area contributed by atoms with Crippen LogP contribution in [0, 0.1) is 0 Å². The number of sulfonamides is 1. The molecule has 7 nitrogen and oxygen atoms in total. The number of aromatic nitrogens is 1. The first-order valence-corrected chi connectivity index (χ1v) is 10.4. The Morgan fingerprint density at radius 2 is 1.93 bits per heavy atom. The maximum atomic E-state index is 13.1. The molecule has 1 fully saturated rings. The van der Waals surface area contributed by atoms with Gasteiger partial charge in [0.15, 0.2) is 0 Å². The minimum absolute atomic E-state index is 0.0916. The van der Waals surface area contributed by atoms with E-state index in [1.54, 1.807) is 23.2 Å². The Hall–Kier alpha value is -2.52. The van der Waals surface area contributed by atoms with Crippen LogP contribution in [0.15, 0.2) is 47.5 Å². The van der Waals surface area contributed by atoms with Gasteiger partial charge in [-0.1, -0.05) is 0 Å². The molecule has 28 heavy (non-hydrogen) atoms. The molecule has 9 heteroatoms. The molecule has 2 unspecified atom stereocenters. The number of nitrogens with zero attached hydrogens (tertiary/aromatic N) is 3. The molecule has 1 amide bonds. The molecule has 2 aliphatic rings. The normalized spacial score (nSPS) is 23.2. The van der Waals surface area contributed by atoms with Crippen molar-refractivity contribution in [1.29, 1.82) is 0 Å². The standard InChI is InChI=1S/C19H20FN3O4S/c1-13(20)27-14-5-7-15(8-6-14)28(25,26)22-10-11-23-18(24)16-4-3-9-21-17(16)19(23,2)12-22/h3-9,13H,10-12H2,1-2H3. The van der Waals surface area contributed by atoms with Gasteiger partial charge in [0.05, 0.1) is 21.7 Å². The SMILES string of the molecule is CC(F)Oc1ccc(S(=O)(=O)N2CCN3C(=O)c4cccnc4C3(C)C2)cc1. The summed E-state index contributed by atoms with van der Waals surface area (Å²) in [4.78, 5) is 18.8. The van der Waals surface area contributed by atoms with Gasteiger partial charge in [0.25, 0.3) is 5.91 Å². The average Bonchev–Trinajstić information content (AvgIpc) is 2.89. The molecule has 2 aromatic rings. The van der Waals surface area contributed by atoms with Crippen LogP contribution in [-0.2, 0) is 15.6 Å². The van der Waals surface area contributed by atoms with Crippen LogP contribution in [0.3, 0.4) is 0 Å². The van der Waals surface area contributed by atoms with E-state index in [9.17, 15) is 17.6 Å². The first-order chi connectivity index (χ1) is 13.2. The molecule has 2 aliphatic heterocycles. The number of pyridine rings is 1. The highest BCUT2D eigenvalue weighted by Crippen LogP contribution is 2.41. The Morgan fingerprint density at radius 1 is 1.21 bits per heavy atom. The van der Waals surface area contributed by atoms with Crippen LogP contribution in [0.2, 0.25) is 0 Å². The quantitative estimate of drug-likeness (QED) is 0.779. The van der Waals surface area contributed by atoms with Crippen LogP contribution in [0.25, 0.3) is 0 Å². The van der Waals surface area contributed by atoms with Crippen LogP contribution in [0.5, 0.6) is 5.75 Å². The zero-order chi connectivity index (χ0) is 20.1. The number of piperazine rings is 1. The average molecular weight is 405 g/mol. The number of carbonyl (C=O) groups excluding carboxylic acids is 1. The van der Waals surface area contributed by atoms with E-state index in [1.165, 1.54) is 35.5 Å². The van der Waals surface area contributed by atoms with Gasteiger partial charge >= 0.3 is 0 Å². The summed E-state index contributed by atoms with van der Waals surface area (Å²) in [5.74, 6) is 0.134. The van der Waals surface area contributed by atoms with Crippen LogP contribution in [0.1, 0.15) is 29.9 Å². The van der Waals surface area contributed by atoms with Crippen LogP contribution < -0.4 is 4.74 Å². The van der Waals surface area contributed by atoms with Gasteiger partial charge < -0.3 is 9.64 Å². The molecular formula is C19H20FN3O4S. The van der Waals surface area contributed by atoms with E-state index in [-0.39, 0.29) is 36.2 Å². The van der Waals surface area contributed by atoms with Crippen molar-refractivity contribution in [3.05, 3.63) is 53.9 Å². The lowest BCUT2D eigenvalue weighted by Crippen LogP contribution is -2.58. The van der Waals surface area contributed by atoms with Crippen molar-refractivity contribution in [3.8, 4) is 5.75 Å². The smallest absolute Gasteiger partial charge is 0.256 e. The molecule has 0 radical (unpaired) electrons. The number of benzene rings is 1. The van der Waals surface area contributed by atoms with Gasteiger partial charge in [0.2, 0.25) is 16.4 Å². The first kappa shape index (κ1) is 18.8. The number of amides is 1. The number of hydrogen-bond acceptors (Lipinski definition) is 5. The minimum Gasteiger partial charge on any atom is -0.461 e. The number of hydrogen-bond donors (Lipinski definition) is 0. The lowest BCUT2D eigenvalue weighted by atomic mass is 9.95. The number of fused-ring (bicyclic) bond motifs is 3. The number of alkyl halides is 1. The lowest BCUT2D eigenvalue weighted by Gasteiger charge is -2.44. The molecule has 0 aliphatic carbocycles. The molecule has 148 valence electrons. The fourth-order valence-corrected chi connectivity index (χ4v) is 5.40. The van der Waals surface area contributed by atoms with Gasteiger partial charge in [-0.3, -0.25) is 9.78 Å². The highest BCUT2D eigenvalue weighted by atomic mass is 32.2. The molecule has 3 heterocycles. The van der Waals surface area contributed by atoms with Crippen molar-refractivity contribution < 1.29 is 22.3 Å². The van der Waals surface area contributed by atoms with Crippen LogP contribution in [0.4, 0.5) is 4.39 Å². The maximum absolute atomic E-state index is 13.1. The lowest BCUT2D eigenvalue weighted by molar-refractivity contribution is 0.0365. The summed E-state index contributed by atoms with van der Waals surface area (Å²) in [7, 11) is -3.79. The first-order valence-electron chi connectivity index (χ1n) is 8.92. The van der Waals surface area contributed by atoms with E-state index in [2.05, 4.69) is 4.98 Å². The summed E-state index contributed by atoms with van der Waals surface area (Å²) < 4.78 is 45.5. The van der Waals surface area contributed by atoms with Crippen molar-refractivity contribution in [2.24, 2.45) is 0 Å². The highest BCUT2D eigenvalue weighted by molar-refractivity contribution is 7.89. The largest absolute Gasteiger partial charge is 0.461 e. The molecule has 2 atom stereocenters. The number of carbonyl (C=O) groups is 1. The topological polar surface area (TPSA) is 79.8 Å². The van der Waals surface area contributed by atoms with Crippen LogP contribution >= 0.6 is 0 Å². The summed E-state index contributed by atoms with van der Waals surface area (Å²) in [6, 6.07) is 9.07. The fourth-order valence-electron chi connectivity index (χ4n) is 3.88. The Morgan fingerprint density at radius 3 is 2.61 bits per heavy atom. The molecule has 0 spiro atoms. The Bertz CT molecular complexity index is 1030. The van der Waals surface area contributed by atoms with Gasteiger partial charge in [0, 0.05) is 32.8 Å². The third kappa shape index (κ3) is 2.85. The van der Waals surface area contributed by atoms with Gasteiger partial charge in [-0.15, -0.1) is 0 Å². The monoisotopic (exact) mass is 405 g/mol. The van der Waals surface area contributed by atoms with Gasteiger partial charge in [0.1, 0.15) is 5.75 Å². The maximum Gasteiger partial charge on any atom is 0.256 e. The Kier molecular flexibility index (Phi) is 4.39. The van der Waals surface area contributed by atoms with Gasteiger partial charge in [-0.25, -0.2) is 12.8 Å². The van der Waals surface area contributed by atoms with E-state index in [0.717, 1.165) is 0 Å². The summed E-state index contributed by atoms with van der Waals surface area (Å²) >= 11 is 0. The van der Waals surface area contributed by atoms with Crippen molar-refractivity contribution >= 4 is 15.9 Å². The zero-order valence-electron chi connectivity index (χ0n) is 15.5. The summed E-state index contributed by atoms with van der Waals surface area (Å²) in [5.41, 5.74) is 0.304. The molecule has 0 N–H and O–H groups in total. The van der Waals surface area contributed by atoms with Crippen molar-refractivity contribution in [2.75, 3.05) is 19.6 Å². The molecule has 1 aromatic heterocycles. The van der Waals surface area contributed by atoms with Crippen LogP contribution in [-0.4, -0.2) is 54.5 Å². The fraction of sp³-hybridized carbons (Fsp3) is 0.368. The third-order valence-electron chi connectivity index (χ3n) is 5.21. The van der Waals surface area contributed by atoms with Crippen molar-refractivity contribution in [1.82, 2.24) is 14.2 Å². The summed E-state index contributed by atoms with van der Waals surface area (Å²) in [6.07, 6.45) is 0.127. The number of rotatable bonds is 4. The zero-order valence-corrected chi connectivity index (χ0v) is 16.3. The van der Waals surface area contributed by atoms with Gasteiger partial charge in [-0.05, 0) is 43.3 Å². The predicted molar refractivity (Wildman–Crippen MR) is 99.0 cm³/mol. The molecule has 1 aromatic carbocycles. The Labute approximate surface area is 162 Å². The van der Waals surface area contributed by atoms with Crippen molar-refractivity contribution in [3.63, 3.8) is 0 Å². The van der Waals surface area contributed by atoms with E-state index in [4.69, 9.17) is 4.74 Å². The number of halogens is 1. The van der Waals surface area contributed by atoms with E-state index in [1.807, 2.05) is 6.92 Å². The minimum atomic E-state index is -3.79. The van der Waals surface area contributed by atoms with E-state index < -0.39 is 21.9 Å². The summed E-state index contributed by atoms with van der Waals surface area (Å²) in [6.45, 7) is 3.68.